The van der Waals surface area contributed by atoms with Crippen LogP contribution in [0.15, 0.2) is 42.5 Å². The molecule has 1 amide bonds. The second-order valence-corrected chi connectivity index (χ2v) is 6.07. The van der Waals surface area contributed by atoms with E-state index in [1.807, 2.05) is 25.1 Å². The van der Waals surface area contributed by atoms with Crippen LogP contribution in [0, 0.1) is 0 Å². The molecule has 1 N–H and O–H groups in total. The van der Waals surface area contributed by atoms with E-state index in [1.54, 1.807) is 14.2 Å². The van der Waals surface area contributed by atoms with Gasteiger partial charge in [-0.3, -0.25) is 4.79 Å². The Bertz CT molecular complexity index is 695. The summed E-state index contributed by atoms with van der Waals surface area (Å²) in [7, 11) is 3.25. The van der Waals surface area contributed by atoms with Gasteiger partial charge in [0.15, 0.2) is 0 Å². The third kappa shape index (κ3) is 5.24. The van der Waals surface area contributed by atoms with Gasteiger partial charge in [0.05, 0.1) is 20.3 Å². The fraction of sp³-hybridized carbons (Fsp3) is 0.381. The molecule has 2 aromatic rings. The first kappa shape index (κ1) is 18.8. The van der Waals surface area contributed by atoms with Crippen LogP contribution in [0.5, 0.6) is 11.5 Å². The largest absolute Gasteiger partial charge is 0.497 e. The van der Waals surface area contributed by atoms with E-state index in [0.717, 1.165) is 29.9 Å². The van der Waals surface area contributed by atoms with Gasteiger partial charge in [-0.15, -0.1) is 0 Å². The van der Waals surface area contributed by atoms with Gasteiger partial charge in [0, 0.05) is 12.0 Å². The summed E-state index contributed by atoms with van der Waals surface area (Å²) in [6, 6.07) is 13.9. The van der Waals surface area contributed by atoms with Crippen LogP contribution in [0.1, 0.15) is 43.0 Å². The molecule has 0 bridgehead atoms. The number of nitrogens with one attached hydrogen (secondary N) is 1. The Balaban J connectivity index is 1.95. The third-order valence-corrected chi connectivity index (χ3v) is 4.35. The molecule has 0 radical (unpaired) electrons. The zero-order valence-electron chi connectivity index (χ0n) is 15.5. The highest BCUT2D eigenvalue weighted by Crippen LogP contribution is 2.29. The van der Waals surface area contributed by atoms with E-state index in [1.165, 1.54) is 11.1 Å². The Labute approximate surface area is 150 Å². The molecule has 2 aromatic carbocycles. The van der Waals surface area contributed by atoms with Crippen LogP contribution in [0.25, 0.3) is 0 Å². The van der Waals surface area contributed by atoms with Gasteiger partial charge in [0.2, 0.25) is 5.91 Å². The zero-order chi connectivity index (χ0) is 18.2. The van der Waals surface area contributed by atoms with Gasteiger partial charge in [0.1, 0.15) is 11.5 Å². The lowest BCUT2D eigenvalue weighted by Crippen LogP contribution is -2.27. The van der Waals surface area contributed by atoms with Gasteiger partial charge in [-0.25, -0.2) is 0 Å². The molecule has 4 nitrogen and oxygen atoms in total. The van der Waals surface area contributed by atoms with Crippen molar-refractivity contribution in [2.24, 2.45) is 0 Å². The molecule has 1 atom stereocenters. The van der Waals surface area contributed by atoms with Gasteiger partial charge >= 0.3 is 0 Å². The quantitative estimate of drug-likeness (QED) is 0.787. The Morgan fingerprint density at radius 1 is 1.04 bits per heavy atom. The Morgan fingerprint density at radius 2 is 1.72 bits per heavy atom. The number of benzene rings is 2. The van der Waals surface area contributed by atoms with Crippen molar-refractivity contribution in [1.82, 2.24) is 5.32 Å². The highest BCUT2D eigenvalue weighted by atomic mass is 16.5. The highest BCUT2D eigenvalue weighted by Gasteiger charge is 2.15. The van der Waals surface area contributed by atoms with Crippen molar-refractivity contribution in [3.05, 3.63) is 59.2 Å². The molecule has 134 valence electrons. The minimum Gasteiger partial charge on any atom is -0.497 e. The molecule has 0 aromatic heterocycles. The van der Waals surface area contributed by atoms with Crippen LogP contribution in [0.3, 0.4) is 0 Å². The maximum Gasteiger partial charge on any atom is 0.220 e. The standard InChI is InChI=1S/C21H27NO3/c1-5-16-6-8-17(9-7-16)10-13-21(23)22-15(2)19-14-18(24-3)11-12-20(19)25-4/h6-9,11-12,14-15H,5,10,13H2,1-4H3,(H,22,23)/t15-/m0/s1. The number of rotatable bonds is 8. The molecule has 0 saturated heterocycles. The molecule has 0 spiro atoms. The van der Waals surface area contributed by atoms with E-state index in [4.69, 9.17) is 9.47 Å². The van der Waals surface area contributed by atoms with Crippen molar-refractivity contribution in [1.29, 1.82) is 0 Å². The van der Waals surface area contributed by atoms with Gasteiger partial charge in [-0.05, 0) is 49.1 Å². The number of ether oxygens (including phenoxy) is 2. The Morgan fingerprint density at radius 3 is 2.32 bits per heavy atom. The molecule has 0 heterocycles. The molecular weight excluding hydrogens is 314 g/mol. The lowest BCUT2D eigenvalue weighted by Gasteiger charge is -2.18. The summed E-state index contributed by atoms with van der Waals surface area (Å²) in [6.45, 7) is 4.09. The van der Waals surface area contributed by atoms with E-state index >= 15 is 0 Å². The van der Waals surface area contributed by atoms with E-state index in [-0.39, 0.29) is 11.9 Å². The molecular formula is C21H27NO3. The first-order valence-corrected chi connectivity index (χ1v) is 8.66. The molecule has 25 heavy (non-hydrogen) atoms. The highest BCUT2D eigenvalue weighted by molar-refractivity contribution is 5.76. The molecule has 0 saturated carbocycles. The number of hydrogen-bond acceptors (Lipinski definition) is 3. The molecule has 2 rings (SSSR count). The first-order valence-electron chi connectivity index (χ1n) is 8.66. The fourth-order valence-electron chi connectivity index (χ4n) is 2.77. The van der Waals surface area contributed by atoms with Crippen LogP contribution < -0.4 is 14.8 Å². The minimum absolute atomic E-state index is 0.0249. The molecule has 0 unspecified atom stereocenters. The van der Waals surface area contributed by atoms with E-state index < -0.39 is 0 Å². The smallest absolute Gasteiger partial charge is 0.220 e. The molecule has 0 aliphatic rings. The summed E-state index contributed by atoms with van der Waals surface area (Å²) in [5.74, 6) is 1.51. The van der Waals surface area contributed by atoms with Crippen molar-refractivity contribution in [3.63, 3.8) is 0 Å². The molecule has 0 aliphatic heterocycles. The van der Waals surface area contributed by atoms with Crippen LogP contribution in [0.2, 0.25) is 0 Å². The number of carbonyl (C=O) groups excluding carboxylic acids is 1. The van der Waals surface area contributed by atoms with Crippen molar-refractivity contribution in [2.45, 2.75) is 39.2 Å². The normalized spacial score (nSPS) is 11.7. The maximum atomic E-state index is 12.3. The molecule has 4 heteroatoms. The lowest BCUT2D eigenvalue weighted by atomic mass is 10.0. The summed E-state index contributed by atoms with van der Waals surface area (Å²) in [5, 5.41) is 3.04. The fourth-order valence-corrected chi connectivity index (χ4v) is 2.77. The summed E-state index contributed by atoms with van der Waals surface area (Å²) in [6.07, 6.45) is 2.22. The average molecular weight is 341 g/mol. The van der Waals surface area contributed by atoms with E-state index in [9.17, 15) is 4.79 Å². The number of carbonyl (C=O) groups is 1. The minimum atomic E-state index is -0.153. The Hall–Kier alpha value is -2.49. The van der Waals surface area contributed by atoms with Gasteiger partial charge in [-0.1, -0.05) is 31.2 Å². The van der Waals surface area contributed by atoms with Crippen LogP contribution in [0.4, 0.5) is 0 Å². The molecule has 0 fully saturated rings. The van der Waals surface area contributed by atoms with E-state index in [2.05, 4.69) is 36.5 Å². The number of hydrogen-bond donors (Lipinski definition) is 1. The lowest BCUT2D eigenvalue weighted by molar-refractivity contribution is -0.121. The maximum absolute atomic E-state index is 12.3. The predicted molar refractivity (Wildman–Crippen MR) is 100 cm³/mol. The van der Waals surface area contributed by atoms with Crippen molar-refractivity contribution in [3.8, 4) is 11.5 Å². The number of aryl methyl sites for hydroxylation is 2. The van der Waals surface area contributed by atoms with Crippen LogP contribution in [-0.2, 0) is 17.6 Å². The average Bonchev–Trinajstić information content (AvgIpc) is 2.66. The van der Waals surface area contributed by atoms with Gasteiger partial charge in [0.25, 0.3) is 0 Å². The SMILES string of the molecule is CCc1ccc(CCC(=O)N[C@@H](C)c2cc(OC)ccc2OC)cc1. The van der Waals surface area contributed by atoms with Crippen molar-refractivity contribution >= 4 is 5.91 Å². The predicted octanol–water partition coefficient (Wildman–Crippen LogP) is 4.08. The van der Waals surface area contributed by atoms with E-state index in [0.29, 0.717) is 6.42 Å². The summed E-state index contributed by atoms with van der Waals surface area (Å²) in [4.78, 5) is 12.3. The van der Waals surface area contributed by atoms with Crippen LogP contribution >= 0.6 is 0 Å². The van der Waals surface area contributed by atoms with Gasteiger partial charge in [-0.2, -0.15) is 0 Å². The zero-order valence-corrected chi connectivity index (χ0v) is 15.5. The molecule has 0 aliphatic carbocycles. The first-order chi connectivity index (χ1) is 12.1. The van der Waals surface area contributed by atoms with Gasteiger partial charge < -0.3 is 14.8 Å². The number of amides is 1. The second kappa shape index (κ2) is 9.11. The second-order valence-electron chi connectivity index (χ2n) is 6.07. The number of methoxy groups -OCH3 is 2. The summed E-state index contributed by atoms with van der Waals surface area (Å²) >= 11 is 0. The summed E-state index contributed by atoms with van der Waals surface area (Å²) in [5.41, 5.74) is 3.40. The monoisotopic (exact) mass is 341 g/mol. The van der Waals surface area contributed by atoms with Crippen LogP contribution in [-0.4, -0.2) is 20.1 Å². The van der Waals surface area contributed by atoms with Crippen molar-refractivity contribution < 1.29 is 14.3 Å². The summed E-state index contributed by atoms with van der Waals surface area (Å²) < 4.78 is 10.7. The van der Waals surface area contributed by atoms with Crippen molar-refractivity contribution in [2.75, 3.05) is 14.2 Å². The third-order valence-electron chi connectivity index (χ3n) is 4.35. The Kier molecular flexibility index (Phi) is 6.87. The topological polar surface area (TPSA) is 47.6 Å².